The molecule has 1 saturated heterocycles. The lowest BCUT2D eigenvalue weighted by Gasteiger charge is -2.44. The van der Waals surface area contributed by atoms with E-state index < -0.39 is 5.92 Å². The van der Waals surface area contributed by atoms with E-state index in [0.717, 1.165) is 22.4 Å². The molecule has 0 radical (unpaired) electrons. The topological polar surface area (TPSA) is 72.3 Å². The molecule has 6 nitrogen and oxygen atoms in total. The summed E-state index contributed by atoms with van der Waals surface area (Å²) < 4.78 is 1.69. The minimum absolute atomic E-state index is 0.00334. The molecule has 1 amide bonds. The predicted octanol–water partition coefficient (Wildman–Crippen LogP) is 3.79. The number of nitrogens with zero attached hydrogens (tertiary/aromatic N) is 3. The third-order valence-electron chi connectivity index (χ3n) is 6.69. The van der Waals surface area contributed by atoms with Crippen LogP contribution in [0.2, 0.25) is 5.02 Å². The molecule has 1 aromatic heterocycles. The maximum atomic E-state index is 13.2. The highest BCUT2D eigenvalue weighted by atomic mass is 35.5. The zero-order chi connectivity index (χ0) is 21.6. The largest absolute Gasteiger partial charge is 0.343 e. The van der Waals surface area contributed by atoms with Crippen molar-refractivity contribution in [2.24, 2.45) is 5.41 Å². The van der Waals surface area contributed by atoms with E-state index in [0.29, 0.717) is 43.8 Å². The van der Waals surface area contributed by atoms with Crippen LogP contribution in [-0.2, 0) is 14.4 Å². The average Bonchev–Trinajstić information content (AvgIpc) is 3.10. The number of halogens is 1. The first kappa shape index (κ1) is 20.8. The second-order valence-electron chi connectivity index (χ2n) is 8.82. The minimum atomic E-state index is -0.697. The Balaban J connectivity index is 1.59. The number of carbonyl (C=O) groups excluding carboxylic acids is 3. The normalized spacial score (nSPS) is 19.5. The van der Waals surface area contributed by atoms with E-state index in [1.807, 2.05) is 26.0 Å². The van der Waals surface area contributed by atoms with Crippen LogP contribution in [-0.4, -0.2) is 45.2 Å². The molecule has 2 heterocycles. The lowest BCUT2D eigenvalue weighted by Crippen LogP contribution is -2.48. The molecular weight excluding hydrogens is 402 g/mol. The molecule has 1 aliphatic heterocycles. The number of rotatable bonds is 2. The molecule has 2 aliphatic rings. The van der Waals surface area contributed by atoms with Crippen LogP contribution in [0, 0.1) is 19.3 Å². The van der Waals surface area contributed by atoms with E-state index in [-0.39, 0.29) is 22.9 Å². The molecule has 158 valence electrons. The standard InChI is InChI=1S/C23H26ClN3O3/c1-14-8-18(27-13-17(24)12-25-27)9-15(2)21(14)22-19(29)10-23(11-20(22)30)4-6-26(7-5-23)16(3)28/h8-9,12-13,22H,4-7,10-11H2,1-3H3. The van der Waals surface area contributed by atoms with E-state index in [1.54, 1.807) is 28.9 Å². The van der Waals surface area contributed by atoms with Gasteiger partial charge in [0.25, 0.3) is 0 Å². The van der Waals surface area contributed by atoms with Gasteiger partial charge in [0.2, 0.25) is 5.91 Å². The Hall–Kier alpha value is -2.47. The van der Waals surface area contributed by atoms with Gasteiger partial charge in [-0.25, -0.2) is 4.68 Å². The number of likely N-dealkylation sites (tertiary alicyclic amines) is 1. The molecule has 0 unspecified atom stereocenters. The molecule has 0 atom stereocenters. The summed E-state index contributed by atoms with van der Waals surface area (Å²) in [6.45, 7) is 6.69. The van der Waals surface area contributed by atoms with Gasteiger partial charge in [-0.15, -0.1) is 0 Å². The molecule has 0 N–H and O–H groups in total. The van der Waals surface area contributed by atoms with Gasteiger partial charge in [-0.2, -0.15) is 5.10 Å². The van der Waals surface area contributed by atoms with Gasteiger partial charge in [0.15, 0.2) is 0 Å². The highest BCUT2D eigenvalue weighted by Gasteiger charge is 2.47. The van der Waals surface area contributed by atoms with Crippen LogP contribution in [0.3, 0.4) is 0 Å². The third kappa shape index (κ3) is 3.69. The summed E-state index contributed by atoms with van der Waals surface area (Å²) in [6.07, 6.45) is 5.55. The van der Waals surface area contributed by atoms with Crippen molar-refractivity contribution in [2.45, 2.75) is 52.4 Å². The Morgan fingerprint density at radius 2 is 1.67 bits per heavy atom. The van der Waals surface area contributed by atoms with Gasteiger partial charge in [-0.3, -0.25) is 14.4 Å². The fraction of sp³-hybridized carbons (Fsp3) is 0.478. The number of benzene rings is 1. The maximum Gasteiger partial charge on any atom is 0.219 e. The van der Waals surface area contributed by atoms with E-state index in [2.05, 4.69) is 5.10 Å². The van der Waals surface area contributed by atoms with Crippen molar-refractivity contribution in [3.63, 3.8) is 0 Å². The highest BCUT2D eigenvalue weighted by molar-refractivity contribution is 6.30. The van der Waals surface area contributed by atoms with Crippen LogP contribution < -0.4 is 0 Å². The smallest absolute Gasteiger partial charge is 0.219 e. The summed E-state index contributed by atoms with van der Waals surface area (Å²) in [5, 5.41) is 4.79. The Morgan fingerprint density at radius 3 is 2.13 bits per heavy atom. The fourth-order valence-corrected chi connectivity index (χ4v) is 5.27. The SMILES string of the molecule is CC(=O)N1CCC2(CC1)CC(=O)C(c1c(C)cc(-n3cc(Cl)cn3)cc1C)C(=O)C2. The summed E-state index contributed by atoms with van der Waals surface area (Å²) in [4.78, 5) is 39.9. The van der Waals surface area contributed by atoms with Crippen molar-refractivity contribution in [1.82, 2.24) is 14.7 Å². The molecule has 4 rings (SSSR count). The Kier molecular flexibility index (Phi) is 5.30. The van der Waals surface area contributed by atoms with E-state index in [9.17, 15) is 14.4 Å². The first-order chi connectivity index (χ1) is 14.2. The lowest BCUT2D eigenvalue weighted by atomic mass is 9.62. The van der Waals surface area contributed by atoms with Gasteiger partial charge in [0.1, 0.15) is 17.5 Å². The molecule has 1 saturated carbocycles. The monoisotopic (exact) mass is 427 g/mol. The number of ketones is 2. The molecule has 1 aliphatic carbocycles. The second-order valence-corrected chi connectivity index (χ2v) is 9.26. The Labute approximate surface area is 181 Å². The molecule has 7 heteroatoms. The molecule has 0 bridgehead atoms. The van der Waals surface area contributed by atoms with Crippen LogP contribution in [0.15, 0.2) is 24.5 Å². The van der Waals surface area contributed by atoms with Gasteiger partial charge in [0.05, 0.1) is 16.9 Å². The summed E-state index contributed by atoms with van der Waals surface area (Å²) in [6, 6.07) is 3.89. The first-order valence-corrected chi connectivity index (χ1v) is 10.7. The van der Waals surface area contributed by atoms with Gasteiger partial charge in [-0.05, 0) is 60.9 Å². The van der Waals surface area contributed by atoms with Crippen molar-refractivity contribution < 1.29 is 14.4 Å². The molecule has 1 aromatic carbocycles. The van der Waals surface area contributed by atoms with Gasteiger partial charge < -0.3 is 4.90 Å². The third-order valence-corrected chi connectivity index (χ3v) is 6.89. The summed E-state index contributed by atoms with van der Waals surface area (Å²) in [7, 11) is 0. The van der Waals surface area contributed by atoms with E-state index >= 15 is 0 Å². The van der Waals surface area contributed by atoms with Crippen molar-refractivity contribution in [3.8, 4) is 5.69 Å². The Bertz CT molecular complexity index is 991. The van der Waals surface area contributed by atoms with E-state index in [1.165, 1.54) is 0 Å². The van der Waals surface area contributed by atoms with E-state index in [4.69, 9.17) is 11.6 Å². The van der Waals surface area contributed by atoms with Crippen molar-refractivity contribution in [2.75, 3.05) is 13.1 Å². The number of piperidine rings is 1. The average molecular weight is 428 g/mol. The van der Waals surface area contributed by atoms with Crippen LogP contribution in [0.5, 0.6) is 0 Å². The van der Waals surface area contributed by atoms with Crippen molar-refractivity contribution in [1.29, 1.82) is 0 Å². The predicted molar refractivity (Wildman–Crippen MR) is 114 cm³/mol. The number of Topliss-reactive ketones (excluding diaryl/α,β-unsaturated/α-hetero) is 2. The van der Waals surface area contributed by atoms with Crippen molar-refractivity contribution in [3.05, 3.63) is 46.2 Å². The second kappa shape index (κ2) is 7.65. The Morgan fingerprint density at radius 1 is 1.10 bits per heavy atom. The van der Waals surface area contributed by atoms with Crippen LogP contribution in [0.1, 0.15) is 55.2 Å². The number of carbonyl (C=O) groups is 3. The molecule has 1 spiro atoms. The first-order valence-electron chi connectivity index (χ1n) is 10.3. The summed E-state index contributed by atoms with van der Waals surface area (Å²) >= 11 is 5.98. The van der Waals surface area contributed by atoms with Crippen LogP contribution >= 0.6 is 11.6 Å². The maximum absolute atomic E-state index is 13.2. The van der Waals surface area contributed by atoms with Gasteiger partial charge in [0, 0.05) is 39.1 Å². The van der Waals surface area contributed by atoms with Crippen LogP contribution in [0.4, 0.5) is 0 Å². The lowest BCUT2D eigenvalue weighted by molar-refractivity contribution is -0.139. The summed E-state index contributed by atoms with van der Waals surface area (Å²) in [5.74, 6) is -0.634. The number of aryl methyl sites for hydroxylation is 2. The quantitative estimate of drug-likeness (QED) is 0.683. The molecule has 2 fully saturated rings. The van der Waals surface area contributed by atoms with Crippen LogP contribution in [0.25, 0.3) is 5.69 Å². The van der Waals surface area contributed by atoms with Crippen molar-refractivity contribution >= 4 is 29.1 Å². The molecule has 30 heavy (non-hydrogen) atoms. The molecular formula is C23H26ClN3O3. The zero-order valence-corrected chi connectivity index (χ0v) is 18.3. The fourth-order valence-electron chi connectivity index (χ4n) is 5.14. The number of aromatic nitrogens is 2. The zero-order valence-electron chi connectivity index (χ0n) is 17.6. The summed E-state index contributed by atoms with van der Waals surface area (Å²) in [5.41, 5.74) is 3.20. The highest BCUT2D eigenvalue weighted by Crippen LogP contribution is 2.46. The van der Waals surface area contributed by atoms with Gasteiger partial charge in [-0.1, -0.05) is 11.6 Å². The molecule has 2 aromatic rings. The number of hydrogen-bond donors (Lipinski definition) is 0. The minimum Gasteiger partial charge on any atom is -0.343 e. The number of hydrogen-bond acceptors (Lipinski definition) is 4. The van der Waals surface area contributed by atoms with Gasteiger partial charge >= 0.3 is 0 Å². The number of amides is 1.